The second kappa shape index (κ2) is 12.1. The quantitative estimate of drug-likeness (QED) is 0.279. The van der Waals surface area contributed by atoms with E-state index >= 15 is 4.39 Å². The first-order chi connectivity index (χ1) is 19.4. The van der Waals surface area contributed by atoms with Crippen molar-refractivity contribution >= 4 is 32.9 Å². The van der Waals surface area contributed by atoms with Crippen molar-refractivity contribution in [3.8, 4) is 11.1 Å². The Bertz CT molecular complexity index is 1660. The van der Waals surface area contributed by atoms with Gasteiger partial charge in [-0.2, -0.15) is 0 Å². The Kier molecular flexibility index (Phi) is 8.94. The zero-order chi connectivity index (χ0) is 29.9. The molecule has 0 radical (unpaired) electrons. The molecule has 14 heteroatoms. The van der Waals surface area contributed by atoms with Gasteiger partial charge in [0.2, 0.25) is 0 Å². The molecule has 1 fully saturated rings. The molecule has 0 aliphatic carbocycles. The number of amides is 1. The van der Waals surface area contributed by atoms with Gasteiger partial charge in [-0.3, -0.25) is 14.2 Å². The first-order valence-corrected chi connectivity index (χ1v) is 14.6. The summed E-state index contributed by atoms with van der Waals surface area (Å²) >= 11 is 0. The molecule has 1 amide bonds. The van der Waals surface area contributed by atoms with E-state index in [-0.39, 0.29) is 41.4 Å². The summed E-state index contributed by atoms with van der Waals surface area (Å²) < 4.78 is 73.7. The number of benzene rings is 2. The zero-order valence-corrected chi connectivity index (χ0v) is 23.1. The number of carbonyl (C=O) groups excluding carboxylic acids is 2. The maximum absolute atomic E-state index is 15.1. The number of halogens is 3. The fraction of sp³-hybridized carbons (Fsp3) is 0.407. The van der Waals surface area contributed by atoms with Gasteiger partial charge in [-0.25, -0.2) is 36.9 Å². The highest BCUT2D eigenvalue weighted by atomic mass is 32.2. The topological polar surface area (TPSA) is 134 Å². The summed E-state index contributed by atoms with van der Waals surface area (Å²) in [6.07, 6.45) is 3.17. The zero-order valence-electron chi connectivity index (χ0n) is 22.3. The van der Waals surface area contributed by atoms with E-state index in [1.54, 1.807) is 0 Å². The van der Waals surface area contributed by atoms with Crippen LogP contribution in [0.25, 0.3) is 22.0 Å². The molecule has 3 aromatic rings. The number of ether oxygens (including phenoxy) is 1. The molecular weight excluding hydrogens is 567 g/mol. The highest BCUT2D eigenvalue weighted by Gasteiger charge is 2.44. The fourth-order valence-electron chi connectivity index (χ4n) is 4.42. The lowest BCUT2D eigenvalue weighted by Gasteiger charge is -2.28. The number of nitrogens with one attached hydrogen (secondary N) is 1. The molecule has 1 N–H and O–H groups in total. The van der Waals surface area contributed by atoms with Crippen molar-refractivity contribution in [1.29, 1.82) is 0 Å². The number of aldehydes is 1. The van der Waals surface area contributed by atoms with Crippen LogP contribution in [0.1, 0.15) is 38.2 Å². The number of sulfone groups is 1. The van der Waals surface area contributed by atoms with Gasteiger partial charge in [0.1, 0.15) is 12.1 Å². The van der Waals surface area contributed by atoms with Crippen molar-refractivity contribution in [3.63, 3.8) is 0 Å². The third-order valence-corrected chi connectivity index (χ3v) is 9.24. The van der Waals surface area contributed by atoms with Crippen molar-refractivity contribution in [1.82, 2.24) is 15.0 Å². The smallest absolute Gasteiger partial charge is 0.264 e. The molecule has 0 saturated carbocycles. The lowest BCUT2D eigenvalue weighted by molar-refractivity contribution is -0.201. The largest absolute Gasteiger partial charge is 0.350 e. The van der Waals surface area contributed by atoms with Crippen molar-refractivity contribution < 1.29 is 40.8 Å². The van der Waals surface area contributed by atoms with Gasteiger partial charge < -0.3 is 9.53 Å². The maximum atomic E-state index is 15.1. The Morgan fingerprint density at radius 3 is 2.63 bits per heavy atom. The van der Waals surface area contributed by atoms with Crippen LogP contribution < -0.4 is 11.0 Å². The van der Waals surface area contributed by atoms with E-state index < -0.39 is 55.4 Å². The van der Waals surface area contributed by atoms with Gasteiger partial charge in [0, 0.05) is 43.4 Å². The van der Waals surface area contributed by atoms with Gasteiger partial charge >= 0.3 is 0 Å². The Hall–Kier alpha value is -3.62. The average molecular weight is 596 g/mol. The Morgan fingerprint density at radius 1 is 1.22 bits per heavy atom. The van der Waals surface area contributed by atoms with E-state index in [4.69, 9.17) is 9.57 Å². The molecule has 1 unspecified atom stereocenters. The van der Waals surface area contributed by atoms with E-state index in [2.05, 4.69) is 10.5 Å². The molecule has 4 rings (SSSR count). The van der Waals surface area contributed by atoms with Gasteiger partial charge in [0.15, 0.2) is 32.5 Å². The van der Waals surface area contributed by atoms with E-state index in [1.165, 1.54) is 13.0 Å². The Balaban J connectivity index is 1.59. The molecular formula is C27H28F3N3O7S. The minimum absolute atomic E-state index is 0.0241. The summed E-state index contributed by atoms with van der Waals surface area (Å²) in [6.45, 7) is 1.37. The van der Waals surface area contributed by atoms with Crippen molar-refractivity contribution in [2.45, 2.75) is 56.6 Å². The summed E-state index contributed by atoms with van der Waals surface area (Å²) in [5.74, 6) is -4.61. The lowest BCUT2D eigenvalue weighted by Crippen LogP contribution is -2.51. The number of fused-ring (bicyclic) bond motifs is 1. The number of rotatable bonds is 10. The van der Waals surface area contributed by atoms with Gasteiger partial charge in [-0.1, -0.05) is 12.1 Å². The summed E-state index contributed by atoms with van der Waals surface area (Å²) in [5.41, 5.74) is 0.441. The monoisotopic (exact) mass is 595 g/mol. The number of carbonyl (C=O) groups is 2. The number of aromatic nitrogens is 2. The summed E-state index contributed by atoms with van der Waals surface area (Å²) in [6, 6.07) is 4.21. The van der Waals surface area contributed by atoms with Gasteiger partial charge in [0.25, 0.3) is 11.5 Å². The SMILES string of the molecule is C[C@@](CCn1cnc2cc(-c3ccc(CC=O)c(F)c3F)c(F)cc2c1=O)(C(=O)NOC1CCCCO1)S(C)(=O)=O. The molecule has 2 heterocycles. The average Bonchev–Trinajstić information content (AvgIpc) is 2.94. The molecule has 1 aliphatic heterocycles. The van der Waals surface area contributed by atoms with Gasteiger partial charge in [-0.05, 0) is 43.9 Å². The van der Waals surface area contributed by atoms with Crippen LogP contribution in [0.2, 0.25) is 0 Å². The Morgan fingerprint density at radius 2 is 1.98 bits per heavy atom. The van der Waals surface area contributed by atoms with E-state index in [9.17, 15) is 31.6 Å². The van der Waals surface area contributed by atoms with Gasteiger partial charge in [-0.15, -0.1) is 0 Å². The molecule has 2 aromatic carbocycles. The van der Waals surface area contributed by atoms with Crippen LogP contribution in [0.4, 0.5) is 13.2 Å². The molecule has 1 aliphatic rings. The van der Waals surface area contributed by atoms with E-state index in [1.807, 2.05) is 0 Å². The number of hydrogen-bond acceptors (Lipinski definition) is 8. The maximum Gasteiger partial charge on any atom is 0.264 e. The number of hydroxylamine groups is 1. The highest BCUT2D eigenvalue weighted by molar-refractivity contribution is 7.92. The van der Waals surface area contributed by atoms with Crippen LogP contribution in [0.3, 0.4) is 0 Å². The van der Waals surface area contributed by atoms with Crippen molar-refractivity contribution in [2.24, 2.45) is 0 Å². The number of hydrogen-bond donors (Lipinski definition) is 1. The minimum Gasteiger partial charge on any atom is -0.350 e. The van der Waals surface area contributed by atoms with Crippen LogP contribution in [0.5, 0.6) is 0 Å². The number of aryl methyl sites for hydroxylation is 1. The molecule has 41 heavy (non-hydrogen) atoms. The van der Waals surface area contributed by atoms with Crippen LogP contribution >= 0.6 is 0 Å². The second-order valence-corrected chi connectivity index (χ2v) is 12.4. The molecule has 2 atom stereocenters. The van der Waals surface area contributed by atoms with Crippen molar-refractivity contribution in [3.05, 3.63) is 64.0 Å². The fourth-order valence-corrected chi connectivity index (χ4v) is 5.26. The summed E-state index contributed by atoms with van der Waals surface area (Å²) in [4.78, 5) is 46.1. The molecule has 10 nitrogen and oxygen atoms in total. The lowest BCUT2D eigenvalue weighted by atomic mass is 9.99. The molecule has 1 saturated heterocycles. The minimum atomic E-state index is -4.01. The van der Waals surface area contributed by atoms with Crippen LogP contribution in [0.15, 0.2) is 35.4 Å². The van der Waals surface area contributed by atoms with Crippen molar-refractivity contribution in [2.75, 3.05) is 12.9 Å². The second-order valence-electron chi connectivity index (χ2n) is 9.96. The predicted molar refractivity (Wildman–Crippen MR) is 142 cm³/mol. The standard InChI is InChI=1S/C27H28F3N3O7S/c1-27(41(2,37)38,26(36)32-40-22-5-3-4-12-39-22)9-10-33-15-31-21-14-18(20(28)13-19(21)25(33)35)17-7-6-16(8-11-34)23(29)24(17)30/h6-7,11,13-15,22H,3-5,8-10,12H2,1-2H3,(H,32,36)/t22?,27-/m1/s1. The number of nitrogens with zero attached hydrogens (tertiary/aromatic N) is 2. The molecule has 220 valence electrons. The summed E-state index contributed by atoms with van der Waals surface area (Å²) in [5, 5.41) is -0.199. The Labute approximate surface area is 233 Å². The molecule has 1 aromatic heterocycles. The highest BCUT2D eigenvalue weighted by Crippen LogP contribution is 2.31. The molecule has 0 spiro atoms. The first kappa shape index (κ1) is 30.3. The normalized spacial score (nSPS) is 17.2. The van der Waals surface area contributed by atoms with E-state index in [0.29, 0.717) is 19.3 Å². The summed E-state index contributed by atoms with van der Waals surface area (Å²) in [7, 11) is -4.01. The van der Waals surface area contributed by atoms with Crippen LogP contribution in [-0.4, -0.2) is 54.1 Å². The van der Waals surface area contributed by atoms with Crippen LogP contribution in [0, 0.1) is 17.5 Å². The third-order valence-electron chi connectivity index (χ3n) is 7.22. The molecule has 0 bridgehead atoms. The van der Waals surface area contributed by atoms with E-state index in [0.717, 1.165) is 48.2 Å². The van der Waals surface area contributed by atoms with Crippen LogP contribution in [-0.2, 0) is 42.0 Å². The third kappa shape index (κ3) is 6.19. The van der Waals surface area contributed by atoms with Gasteiger partial charge in [0.05, 0.1) is 17.2 Å². The first-order valence-electron chi connectivity index (χ1n) is 12.7. The predicted octanol–water partition coefficient (Wildman–Crippen LogP) is 2.99.